The van der Waals surface area contributed by atoms with Gasteiger partial charge < -0.3 is 15.2 Å². The molecule has 0 bridgehead atoms. The van der Waals surface area contributed by atoms with Crippen molar-refractivity contribution >= 4 is 0 Å². The standard InChI is InChI=1S/C15H29NO2/c1-4-15(3)13(10-14(15)18-5-2)16-11-7-6-8-12(17)9-11/h11-14,16-17H,4-10H2,1-3H3. The van der Waals surface area contributed by atoms with Gasteiger partial charge in [-0.2, -0.15) is 0 Å². The zero-order valence-electron chi connectivity index (χ0n) is 12.1. The summed E-state index contributed by atoms with van der Waals surface area (Å²) in [4.78, 5) is 0. The fourth-order valence-corrected chi connectivity index (χ4v) is 3.61. The van der Waals surface area contributed by atoms with Crippen LogP contribution in [0.3, 0.4) is 0 Å². The van der Waals surface area contributed by atoms with Crippen molar-refractivity contribution in [2.75, 3.05) is 6.61 Å². The van der Waals surface area contributed by atoms with Crippen LogP contribution in [-0.4, -0.2) is 36.0 Å². The third-order valence-corrected chi connectivity index (χ3v) is 5.19. The van der Waals surface area contributed by atoms with Gasteiger partial charge in [-0.15, -0.1) is 0 Å². The Kier molecular flexibility index (Phi) is 4.68. The molecule has 0 aromatic carbocycles. The van der Waals surface area contributed by atoms with Gasteiger partial charge in [0.2, 0.25) is 0 Å². The number of hydrogen-bond donors (Lipinski definition) is 2. The van der Waals surface area contributed by atoms with E-state index in [1.165, 1.54) is 6.42 Å². The molecule has 2 rings (SSSR count). The maximum absolute atomic E-state index is 9.74. The molecule has 5 unspecified atom stereocenters. The van der Waals surface area contributed by atoms with Crippen molar-refractivity contribution in [1.29, 1.82) is 0 Å². The number of rotatable bonds is 5. The zero-order valence-corrected chi connectivity index (χ0v) is 12.1. The molecular weight excluding hydrogens is 226 g/mol. The Balaban J connectivity index is 1.86. The van der Waals surface area contributed by atoms with Crippen LogP contribution >= 0.6 is 0 Å². The summed E-state index contributed by atoms with van der Waals surface area (Å²) in [6, 6.07) is 1.07. The highest BCUT2D eigenvalue weighted by atomic mass is 16.5. The van der Waals surface area contributed by atoms with E-state index in [9.17, 15) is 5.11 Å². The van der Waals surface area contributed by atoms with Gasteiger partial charge in [0.05, 0.1) is 12.2 Å². The van der Waals surface area contributed by atoms with E-state index in [2.05, 4.69) is 26.1 Å². The summed E-state index contributed by atoms with van der Waals surface area (Å²) < 4.78 is 5.84. The average molecular weight is 255 g/mol. The van der Waals surface area contributed by atoms with Crippen molar-refractivity contribution in [3.8, 4) is 0 Å². The van der Waals surface area contributed by atoms with Crippen LogP contribution in [0.2, 0.25) is 0 Å². The maximum Gasteiger partial charge on any atom is 0.0658 e. The number of aliphatic hydroxyl groups excluding tert-OH is 1. The lowest BCUT2D eigenvalue weighted by atomic mass is 9.61. The van der Waals surface area contributed by atoms with E-state index < -0.39 is 0 Å². The largest absolute Gasteiger partial charge is 0.393 e. The highest BCUT2D eigenvalue weighted by molar-refractivity contribution is 5.05. The minimum absolute atomic E-state index is 0.0908. The molecule has 2 N–H and O–H groups in total. The molecule has 5 atom stereocenters. The first-order chi connectivity index (χ1) is 8.60. The molecule has 18 heavy (non-hydrogen) atoms. The van der Waals surface area contributed by atoms with Crippen molar-refractivity contribution in [1.82, 2.24) is 5.32 Å². The molecule has 0 spiro atoms. The molecule has 2 saturated carbocycles. The van der Waals surface area contributed by atoms with Gasteiger partial charge in [-0.3, -0.25) is 0 Å². The molecule has 0 heterocycles. The Hall–Kier alpha value is -0.120. The lowest BCUT2D eigenvalue weighted by Gasteiger charge is -2.55. The second-order valence-electron chi connectivity index (χ2n) is 6.28. The molecule has 0 aliphatic heterocycles. The molecule has 0 saturated heterocycles. The molecule has 0 radical (unpaired) electrons. The zero-order chi connectivity index (χ0) is 13.2. The van der Waals surface area contributed by atoms with E-state index in [1.807, 2.05) is 0 Å². The second-order valence-corrected chi connectivity index (χ2v) is 6.28. The minimum atomic E-state index is -0.0908. The summed E-state index contributed by atoms with van der Waals surface area (Å²) in [5, 5.41) is 13.5. The summed E-state index contributed by atoms with van der Waals surface area (Å²) >= 11 is 0. The SMILES string of the molecule is CCOC1CC(NC2CCCC(O)C2)C1(C)CC. The summed E-state index contributed by atoms with van der Waals surface area (Å²) in [6.45, 7) is 7.49. The van der Waals surface area contributed by atoms with E-state index in [0.29, 0.717) is 18.2 Å². The third kappa shape index (κ3) is 2.73. The molecular formula is C15H29NO2. The second kappa shape index (κ2) is 5.89. The van der Waals surface area contributed by atoms with Crippen LogP contribution < -0.4 is 5.32 Å². The van der Waals surface area contributed by atoms with Crippen molar-refractivity contribution in [2.45, 2.75) is 83.6 Å². The molecule has 2 aliphatic carbocycles. The Morgan fingerprint density at radius 1 is 1.28 bits per heavy atom. The van der Waals surface area contributed by atoms with Gasteiger partial charge >= 0.3 is 0 Å². The van der Waals surface area contributed by atoms with Gasteiger partial charge in [0, 0.05) is 24.1 Å². The molecule has 106 valence electrons. The highest BCUT2D eigenvalue weighted by Crippen LogP contribution is 2.46. The maximum atomic E-state index is 9.74. The third-order valence-electron chi connectivity index (χ3n) is 5.19. The van der Waals surface area contributed by atoms with Crippen LogP contribution in [0.25, 0.3) is 0 Å². The van der Waals surface area contributed by atoms with Gasteiger partial charge in [-0.25, -0.2) is 0 Å². The van der Waals surface area contributed by atoms with Crippen molar-refractivity contribution < 1.29 is 9.84 Å². The van der Waals surface area contributed by atoms with E-state index in [0.717, 1.165) is 38.7 Å². The van der Waals surface area contributed by atoms with Crippen LogP contribution in [0.5, 0.6) is 0 Å². The summed E-state index contributed by atoms with van der Waals surface area (Å²) in [5.41, 5.74) is 0.276. The van der Waals surface area contributed by atoms with Crippen LogP contribution in [-0.2, 0) is 4.74 Å². The van der Waals surface area contributed by atoms with Crippen molar-refractivity contribution in [3.63, 3.8) is 0 Å². The fourth-order valence-electron chi connectivity index (χ4n) is 3.61. The fraction of sp³-hybridized carbons (Fsp3) is 1.00. The molecule has 3 heteroatoms. The monoisotopic (exact) mass is 255 g/mol. The van der Waals surface area contributed by atoms with Gasteiger partial charge in [-0.05, 0) is 45.4 Å². The molecule has 2 aliphatic rings. The first-order valence-corrected chi connectivity index (χ1v) is 7.65. The molecule has 0 aromatic rings. The van der Waals surface area contributed by atoms with E-state index in [1.54, 1.807) is 0 Å². The topological polar surface area (TPSA) is 41.5 Å². The Morgan fingerprint density at radius 3 is 2.67 bits per heavy atom. The average Bonchev–Trinajstić information content (AvgIpc) is 2.36. The minimum Gasteiger partial charge on any atom is -0.393 e. The first-order valence-electron chi connectivity index (χ1n) is 7.65. The normalized spacial score (nSPS) is 44.7. The van der Waals surface area contributed by atoms with Gasteiger partial charge in [-0.1, -0.05) is 13.8 Å². The quantitative estimate of drug-likeness (QED) is 0.793. The summed E-state index contributed by atoms with van der Waals surface area (Å²) in [5.74, 6) is 0. The number of hydrogen-bond acceptors (Lipinski definition) is 3. The number of aliphatic hydroxyl groups is 1. The predicted octanol–water partition coefficient (Wildman–Crippen LogP) is 2.47. The van der Waals surface area contributed by atoms with Crippen molar-refractivity contribution in [3.05, 3.63) is 0 Å². The number of ether oxygens (including phenoxy) is 1. The van der Waals surface area contributed by atoms with Crippen LogP contribution in [0, 0.1) is 5.41 Å². The Labute approximate surface area is 111 Å². The molecule has 2 fully saturated rings. The molecule has 3 nitrogen and oxygen atoms in total. The highest BCUT2D eigenvalue weighted by Gasteiger charge is 2.51. The van der Waals surface area contributed by atoms with Gasteiger partial charge in [0.25, 0.3) is 0 Å². The van der Waals surface area contributed by atoms with E-state index in [-0.39, 0.29) is 11.5 Å². The van der Waals surface area contributed by atoms with Gasteiger partial charge in [0.1, 0.15) is 0 Å². The van der Waals surface area contributed by atoms with Crippen LogP contribution in [0.15, 0.2) is 0 Å². The predicted molar refractivity (Wildman–Crippen MR) is 73.6 cm³/mol. The summed E-state index contributed by atoms with van der Waals surface area (Å²) in [7, 11) is 0. The molecule has 0 aromatic heterocycles. The van der Waals surface area contributed by atoms with Crippen LogP contribution in [0.4, 0.5) is 0 Å². The smallest absolute Gasteiger partial charge is 0.0658 e. The lowest BCUT2D eigenvalue weighted by Crippen LogP contribution is -2.64. The lowest BCUT2D eigenvalue weighted by molar-refractivity contribution is -0.129. The van der Waals surface area contributed by atoms with E-state index >= 15 is 0 Å². The van der Waals surface area contributed by atoms with Crippen molar-refractivity contribution in [2.24, 2.45) is 5.41 Å². The first kappa shape index (κ1) is 14.3. The van der Waals surface area contributed by atoms with E-state index in [4.69, 9.17) is 4.74 Å². The molecule has 0 amide bonds. The Bertz CT molecular complexity index is 271. The van der Waals surface area contributed by atoms with Gasteiger partial charge in [0.15, 0.2) is 0 Å². The van der Waals surface area contributed by atoms with Crippen LogP contribution in [0.1, 0.15) is 59.3 Å². The number of nitrogens with one attached hydrogen (secondary N) is 1. The summed E-state index contributed by atoms with van der Waals surface area (Å²) in [6.07, 6.45) is 6.89. The Morgan fingerprint density at radius 2 is 2.06 bits per heavy atom.